The van der Waals surface area contributed by atoms with Gasteiger partial charge in [0.25, 0.3) is 11.7 Å². The number of carbonyl (C=O) groups excluding carboxylic acids is 2. The molecular weight excluding hydrogens is 428 g/mol. The summed E-state index contributed by atoms with van der Waals surface area (Å²) in [4.78, 5) is 29.9. The predicted molar refractivity (Wildman–Crippen MR) is 124 cm³/mol. The van der Waals surface area contributed by atoms with Gasteiger partial charge in [-0.25, -0.2) is 0 Å². The minimum Gasteiger partial charge on any atom is -0.507 e. The number of carbonyl (C=O) groups is 2. The Morgan fingerprint density at radius 2 is 1.75 bits per heavy atom. The maximum atomic E-state index is 13.1. The Labute approximate surface area is 193 Å². The second-order valence-electron chi connectivity index (χ2n) is 8.19. The molecule has 0 radical (unpaired) electrons. The number of likely N-dealkylation sites (tertiary alicyclic amines) is 1. The molecule has 2 aromatic carbocycles. The van der Waals surface area contributed by atoms with Crippen molar-refractivity contribution in [3.05, 3.63) is 75.8 Å². The maximum Gasteiger partial charge on any atom is 0.295 e. The highest BCUT2D eigenvalue weighted by Gasteiger charge is 2.46. The van der Waals surface area contributed by atoms with E-state index < -0.39 is 17.7 Å². The third-order valence-electron chi connectivity index (χ3n) is 6.04. The van der Waals surface area contributed by atoms with Crippen LogP contribution in [0.4, 0.5) is 0 Å². The number of aryl methyl sites for hydroxylation is 1. The van der Waals surface area contributed by atoms with Gasteiger partial charge in [-0.1, -0.05) is 59.6 Å². The van der Waals surface area contributed by atoms with Gasteiger partial charge in [0.2, 0.25) is 0 Å². The van der Waals surface area contributed by atoms with Gasteiger partial charge in [-0.3, -0.25) is 14.5 Å². The van der Waals surface area contributed by atoms with Crippen LogP contribution in [0.1, 0.15) is 29.2 Å². The van der Waals surface area contributed by atoms with E-state index in [-0.39, 0.29) is 11.3 Å². The monoisotopic (exact) mass is 454 g/mol. The van der Waals surface area contributed by atoms with E-state index >= 15 is 0 Å². The first-order valence-electron chi connectivity index (χ1n) is 10.9. The van der Waals surface area contributed by atoms with Gasteiger partial charge >= 0.3 is 0 Å². The van der Waals surface area contributed by atoms with Gasteiger partial charge in [-0.05, 0) is 25.0 Å². The lowest BCUT2D eigenvalue weighted by Gasteiger charge is -2.29. The number of aliphatic hydroxyl groups excluding tert-OH is 1. The Morgan fingerprint density at radius 1 is 1.06 bits per heavy atom. The molecule has 2 aromatic rings. The lowest BCUT2D eigenvalue weighted by atomic mass is 9.95. The van der Waals surface area contributed by atoms with E-state index in [1.54, 1.807) is 35.2 Å². The summed E-state index contributed by atoms with van der Waals surface area (Å²) < 4.78 is 5.39. The summed E-state index contributed by atoms with van der Waals surface area (Å²) in [6.07, 6.45) is 0.707. The van der Waals surface area contributed by atoms with E-state index in [4.69, 9.17) is 16.3 Å². The Kier molecular flexibility index (Phi) is 6.94. The van der Waals surface area contributed by atoms with Crippen LogP contribution in [0.5, 0.6) is 0 Å². The van der Waals surface area contributed by atoms with Crippen molar-refractivity contribution in [1.29, 1.82) is 0 Å². The number of Topliss-reactive ketones (excluding diaryl/α,β-unsaturated/α-hetero) is 1. The number of halogens is 1. The largest absolute Gasteiger partial charge is 0.507 e. The minimum absolute atomic E-state index is 0.0818. The number of rotatable bonds is 6. The molecule has 0 aliphatic carbocycles. The summed E-state index contributed by atoms with van der Waals surface area (Å²) in [5.74, 6) is -1.46. The topological polar surface area (TPSA) is 70.1 Å². The van der Waals surface area contributed by atoms with Crippen molar-refractivity contribution >= 4 is 29.1 Å². The molecule has 0 spiro atoms. The summed E-state index contributed by atoms with van der Waals surface area (Å²) >= 11 is 6.48. The fourth-order valence-corrected chi connectivity index (χ4v) is 4.53. The SMILES string of the molecule is Cc1ccc(C(O)=C2C(=O)C(=O)N(CCCN3CCOCC3)C2c2ccccc2Cl)cc1. The van der Waals surface area contributed by atoms with Crippen molar-refractivity contribution in [3.8, 4) is 0 Å². The van der Waals surface area contributed by atoms with Gasteiger partial charge in [-0.15, -0.1) is 0 Å². The average Bonchev–Trinajstić information content (AvgIpc) is 3.05. The summed E-state index contributed by atoms with van der Waals surface area (Å²) in [5, 5.41) is 11.5. The molecule has 1 N–H and O–H groups in total. The van der Waals surface area contributed by atoms with Crippen molar-refractivity contribution in [2.75, 3.05) is 39.4 Å². The normalized spacial score (nSPS) is 21.3. The number of hydrogen-bond donors (Lipinski definition) is 1. The molecule has 2 heterocycles. The van der Waals surface area contributed by atoms with Crippen LogP contribution < -0.4 is 0 Å². The van der Waals surface area contributed by atoms with Crippen molar-refractivity contribution in [1.82, 2.24) is 9.80 Å². The first kappa shape index (κ1) is 22.5. The molecule has 0 saturated carbocycles. The summed E-state index contributed by atoms with van der Waals surface area (Å²) in [7, 11) is 0. The molecule has 0 bridgehead atoms. The zero-order chi connectivity index (χ0) is 22.7. The van der Waals surface area contributed by atoms with E-state index in [2.05, 4.69) is 4.90 Å². The number of morpholine rings is 1. The number of aliphatic hydroxyl groups is 1. The van der Waals surface area contributed by atoms with Gasteiger partial charge in [0.05, 0.1) is 24.8 Å². The quantitative estimate of drug-likeness (QED) is 0.408. The van der Waals surface area contributed by atoms with Gasteiger partial charge in [0, 0.05) is 36.8 Å². The van der Waals surface area contributed by atoms with Crippen molar-refractivity contribution in [2.45, 2.75) is 19.4 Å². The van der Waals surface area contributed by atoms with Crippen molar-refractivity contribution in [3.63, 3.8) is 0 Å². The number of amides is 1. The molecule has 1 amide bonds. The van der Waals surface area contributed by atoms with Crippen molar-refractivity contribution < 1.29 is 19.4 Å². The number of hydrogen-bond acceptors (Lipinski definition) is 5. The maximum absolute atomic E-state index is 13.1. The summed E-state index contributed by atoms with van der Waals surface area (Å²) in [5.41, 5.74) is 2.25. The first-order chi connectivity index (χ1) is 15.5. The predicted octanol–water partition coefficient (Wildman–Crippen LogP) is 3.79. The average molecular weight is 455 g/mol. The van der Waals surface area contributed by atoms with Crippen LogP contribution >= 0.6 is 11.6 Å². The number of ether oxygens (including phenoxy) is 1. The molecule has 4 rings (SSSR count). The molecule has 1 unspecified atom stereocenters. The van der Waals surface area contributed by atoms with Crippen molar-refractivity contribution in [2.24, 2.45) is 0 Å². The van der Waals surface area contributed by atoms with E-state index in [9.17, 15) is 14.7 Å². The highest BCUT2D eigenvalue weighted by Crippen LogP contribution is 2.41. The number of nitrogens with zero attached hydrogens (tertiary/aromatic N) is 2. The minimum atomic E-state index is -0.727. The molecule has 6 nitrogen and oxygen atoms in total. The zero-order valence-electron chi connectivity index (χ0n) is 18.1. The first-order valence-corrected chi connectivity index (χ1v) is 11.2. The van der Waals surface area contributed by atoms with Gasteiger partial charge < -0.3 is 14.7 Å². The van der Waals surface area contributed by atoms with Crippen LogP contribution in [0.15, 0.2) is 54.1 Å². The smallest absolute Gasteiger partial charge is 0.295 e. The fourth-order valence-electron chi connectivity index (χ4n) is 4.29. The third-order valence-corrected chi connectivity index (χ3v) is 6.39. The highest BCUT2D eigenvalue weighted by molar-refractivity contribution is 6.47. The third kappa shape index (κ3) is 4.58. The lowest BCUT2D eigenvalue weighted by Crippen LogP contribution is -2.39. The van der Waals surface area contributed by atoms with Gasteiger partial charge in [-0.2, -0.15) is 0 Å². The van der Waals surface area contributed by atoms with Crippen LogP contribution in [0.25, 0.3) is 5.76 Å². The molecule has 2 aliphatic heterocycles. The molecule has 1 atom stereocenters. The summed E-state index contributed by atoms with van der Waals surface area (Å²) in [6, 6.07) is 13.6. The molecular formula is C25H27ClN2O4. The molecule has 0 aromatic heterocycles. The highest BCUT2D eigenvalue weighted by atomic mass is 35.5. The molecule has 2 fully saturated rings. The van der Waals surface area contributed by atoms with Crippen LogP contribution in [-0.2, 0) is 14.3 Å². The van der Waals surface area contributed by atoms with E-state index in [1.165, 1.54) is 0 Å². The molecule has 168 valence electrons. The van der Waals surface area contributed by atoms with E-state index in [0.29, 0.717) is 42.3 Å². The van der Waals surface area contributed by atoms with Crippen LogP contribution in [0.3, 0.4) is 0 Å². The molecule has 32 heavy (non-hydrogen) atoms. The second kappa shape index (κ2) is 9.86. The second-order valence-corrected chi connectivity index (χ2v) is 8.59. The van der Waals surface area contributed by atoms with Gasteiger partial charge in [0.15, 0.2) is 0 Å². The van der Waals surface area contributed by atoms with E-state index in [1.807, 2.05) is 25.1 Å². The van der Waals surface area contributed by atoms with Crippen LogP contribution in [0, 0.1) is 6.92 Å². The van der Waals surface area contributed by atoms with E-state index in [0.717, 1.165) is 25.2 Å². The Balaban J connectivity index is 1.68. The molecule has 7 heteroatoms. The summed E-state index contributed by atoms with van der Waals surface area (Å²) in [6.45, 7) is 6.28. The Bertz CT molecular complexity index is 1030. The molecule has 2 aliphatic rings. The number of ketones is 1. The van der Waals surface area contributed by atoms with Crippen LogP contribution in [-0.4, -0.2) is 66.0 Å². The van der Waals surface area contributed by atoms with Gasteiger partial charge in [0.1, 0.15) is 5.76 Å². The number of benzene rings is 2. The standard InChI is InChI=1S/C25H27ClN2O4/c1-17-7-9-18(10-8-17)23(29)21-22(19-5-2-3-6-20(19)26)28(25(31)24(21)30)12-4-11-27-13-15-32-16-14-27/h2-3,5-10,22,29H,4,11-16H2,1H3. The molecule has 2 saturated heterocycles. The zero-order valence-corrected chi connectivity index (χ0v) is 18.8. The lowest BCUT2D eigenvalue weighted by molar-refractivity contribution is -0.140. The Hall–Kier alpha value is -2.67. The fraction of sp³-hybridized carbons (Fsp3) is 0.360. The van der Waals surface area contributed by atoms with Crippen LogP contribution in [0.2, 0.25) is 5.02 Å². The Morgan fingerprint density at radius 3 is 2.44 bits per heavy atom.